The van der Waals surface area contributed by atoms with E-state index in [0.717, 1.165) is 18.2 Å². The average Bonchev–Trinajstić information content (AvgIpc) is 3.04. The number of rotatable bonds is 19. The highest BCUT2D eigenvalue weighted by Gasteiger charge is 2.28. The molecule has 0 bridgehead atoms. The van der Waals surface area contributed by atoms with Gasteiger partial charge in [0.05, 0.1) is 21.5 Å². The Hall–Kier alpha value is -5.17. The third kappa shape index (κ3) is 15.1. The summed E-state index contributed by atoms with van der Waals surface area (Å²) >= 11 is 3.11. The Bertz CT molecular complexity index is 1580. The van der Waals surface area contributed by atoms with E-state index in [1.807, 2.05) is 0 Å². The van der Waals surface area contributed by atoms with Crippen LogP contribution < -0.4 is 20.7 Å². The van der Waals surface area contributed by atoms with E-state index in [2.05, 4.69) is 31.9 Å². The van der Waals surface area contributed by atoms with Gasteiger partial charge in [-0.25, -0.2) is 9.59 Å². The summed E-state index contributed by atoms with van der Waals surface area (Å²) in [6, 6.07) is 5.83. The second-order valence-corrected chi connectivity index (χ2v) is 12.7. The molecule has 0 aliphatic heterocycles. The lowest BCUT2D eigenvalue weighted by Crippen LogP contribution is -2.42. The van der Waals surface area contributed by atoms with Gasteiger partial charge in [-0.05, 0) is 80.6 Å². The van der Waals surface area contributed by atoms with E-state index in [4.69, 9.17) is 18.9 Å². The first kappa shape index (κ1) is 42.0. The summed E-state index contributed by atoms with van der Waals surface area (Å²) in [5.74, 6) is -1.69. The maximum Gasteiger partial charge on any atom is 0.514 e. The molecule has 18 nitrogen and oxygen atoms in total. The van der Waals surface area contributed by atoms with Crippen molar-refractivity contribution in [2.75, 3.05) is 26.8 Å². The first-order chi connectivity index (χ1) is 24.0. The number of nitro benzene ring substituents is 2. The van der Waals surface area contributed by atoms with Crippen LogP contribution in [-0.4, -0.2) is 78.1 Å². The van der Waals surface area contributed by atoms with E-state index in [1.165, 1.54) is 25.3 Å². The molecule has 3 amide bonds. The number of ketones is 1. The molecule has 0 aliphatic rings. The SMILES string of the molecule is COCC(=O)NCCCC(=O)C(CCCCNC(=O)OC(C)(C)C)NC(=O)c1c(COC(=O)Oc2ccc([N+](=O)[O-])cc2)ccc([N+](=O)[O-])c1Br. The Morgan fingerprint density at radius 2 is 1.57 bits per heavy atom. The van der Waals surface area contributed by atoms with Gasteiger partial charge in [0.15, 0.2) is 5.78 Å². The predicted octanol–water partition coefficient (Wildman–Crippen LogP) is 4.89. The largest absolute Gasteiger partial charge is 0.514 e. The molecule has 1 unspecified atom stereocenters. The smallest absolute Gasteiger partial charge is 0.444 e. The fourth-order valence-corrected chi connectivity index (χ4v) is 5.09. The fourth-order valence-electron chi connectivity index (χ4n) is 4.38. The number of hydrogen-bond donors (Lipinski definition) is 3. The summed E-state index contributed by atoms with van der Waals surface area (Å²) in [5.41, 5.74) is -1.64. The number of non-ortho nitro benzene ring substituents is 1. The topological polar surface area (TPSA) is 245 Å². The zero-order chi connectivity index (χ0) is 38.1. The predicted molar refractivity (Wildman–Crippen MR) is 183 cm³/mol. The van der Waals surface area contributed by atoms with Crippen molar-refractivity contribution in [2.45, 2.75) is 71.1 Å². The number of alkyl carbamates (subject to hydrolysis) is 1. The number of benzene rings is 2. The lowest BCUT2D eigenvalue weighted by atomic mass is 10.00. The first-order valence-corrected chi connectivity index (χ1v) is 16.4. The van der Waals surface area contributed by atoms with Crippen molar-refractivity contribution < 1.29 is 52.8 Å². The van der Waals surface area contributed by atoms with Gasteiger partial charge in [0.25, 0.3) is 17.3 Å². The Morgan fingerprint density at radius 3 is 2.18 bits per heavy atom. The van der Waals surface area contributed by atoms with Gasteiger partial charge in [0.1, 0.15) is 29.0 Å². The van der Waals surface area contributed by atoms with Gasteiger partial charge in [-0.3, -0.25) is 34.6 Å². The first-order valence-electron chi connectivity index (χ1n) is 15.6. The van der Waals surface area contributed by atoms with Crippen molar-refractivity contribution in [3.8, 4) is 5.75 Å². The molecule has 278 valence electrons. The molecule has 19 heteroatoms. The quantitative estimate of drug-likeness (QED) is 0.0566. The number of nitro groups is 2. The summed E-state index contributed by atoms with van der Waals surface area (Å²) in [5, 5.41) is 30.4. The molecule has 0 fully saturated rings. The molecule has 0 aliphatic carbocycles. The normalized spacial score (nSPS) is 11.5. The Labute approximate surface area is 301 Å². The minimum absolute atomic E-state index is 0.0271. The second-order valence-electron chi connectivity index (χ2n) is 11.9. The molecule has 0 radical (unpaired) electrons. The van der Waals surface area contributed by atoms with Gasteiger partial charge in [-0.2, -0.15) is 0 Å². The van der Waals surface area contributed by atoms with Gasteiger partial charge in [-0.1, -0.05) is 0 Å². The van der Waals surface area contributed by atoms with Crippen LogP contribution in [0.4, 0.5) is 21.0 Å². The lowest BCUT2D eigenvalue weighted by molar-refractivity contribution is -0.385. The van der Waals surface area contributed by atoms with Crippen molar-refractivity contribution in [3.63, 3.8) is 0 Å². The summed E-state index contributed by atoms with van der Waals surface area (Å²) in [4.78, 5) is 84.3. The molecule has 1 atom stereocenters. The number of nitrogens with zero attached hydrogens (tertiary/aromatic N) is 2. The van der Waals surface area contributed by atoms with E-state index in [1.54, 1.807) is 20.8 Å². The molecule has 0 aromatic heterocycles. The zero-order valence-electron chi connectivity index (χ0n) is 28.5. The van der Waals surface area contributed by atoms with Gasteiger partial charge >= 0.3 is 12.2 Å². The molecule has 0 heterocycles. The third-order valence-corrected chi connectivity index (χ3v) is 7.51. The van der Waals surface area contributed by atoms with E-state index in [0.29, 0.717) is 12.8 Å². The van der Waals surface area contributed by atoms with Crippen molar-refractivity contribution in [2.24, 2.45) is 0 Å². The highest BCUT2D eigenvalue weighted by atomic mass is 79.9. The Morgan fingerprint density at radius 1 is 0.902 bits per heavy atom. The number of carbonyl (C=O) groups excluding carboxylic acids is 5. The van der Waals surface area contributed by atoms with E-state index in [9.17, 15) is 44.2 Å². The number of methoxy groups -OCH3 is 1. The standard InChI is InChI=1S/C32H40BrN5O13/c1-32(2,3)51-30(42)35-16-6-5-8-23(25(39)9-7-17-34-26(40)19-48-4)36-29(41)27-20(10-15-24(28(27)33)38(46)47)18-49-31(43)50-22-13-11-21(12-14-22)37(44)45/h10-15,23H,5-9,16-19H2,1-4H3,(H,34,40)(H,35,42)(H,36,41). The number of amides is 3. The second kappa shape index (κ2) is 20.5. The maximum atomic E-state index is 13.7. The van der Waals surface area contributed by atoms with Crippen molar-refractivity contribution in [3.05, 3.63) is 72.2 Å². The Balaban J connectivity index is 2.20. The fraction of sp³-hybridized carbons (Fsp3) is 0.469. The van der Waals surface area contributed by atoms with Crippen LogP contribution in [0, 0.1) is 20.2 Å². The van der Waals surface area contributed by atoms with Crippen LogP contribution >= 0.6 is 15.9 Å². The number of hydrogen-bond acceptors (Lipinski definition) is 13. The molecule has 0 saturated heterocycles. The molecule has 2 rings (SSSR count). The van der Waals surface area contributed by atoms with Crippen LogP contribution in [0.2, 0.25) is 0 Å². The number of halogens is 1. The van der Waals surface area contributed by atoms with Crippen LogP contribution in [0.5, 0.6) is 5.75 Å². The molecule has 2 aromatic rings. The highest BCUT2D eigenvalue weighted by Crippen LogP contribution is 2.32. The molecular weight excluding hydrogens is 742 g/mol. The van der Waals surface area contributed by atoms with E-state index in [-0.39, 0.29) is 77.7 Å². The summed E-state index contributed by atoms with van der Waals surface area (Å²) in [6.45, 7) is 4.83. The number of Topliss-reactive ketones (excluding diaryl/α,β-unsaturated/α-hetero) is 1. The zero-order valence-corrected chi connectivity index (χ0v) is 30.1. The van der Waals surface area contributed by atoms with Gasteiger partial charge < -0.3 is 34.9 Å². The lowest BCUT2D eigenvalue weighted by Gasteiger charge is -2.21. The van der Waals surface area contributed by atoms with Crippen LogP contribution in [0.3, 0.4) is 0 Å². The van der Waals surface area contributed by atoms with Crippen LogP contribution in [0.15, 0.2) is 40.9 Å². The molecular formula is C32H40BrN5O13. The van der Waals surface area contributed by atoms with E-state index >= 15 is 0 Å². The van der Waals surface area contributed by atoms with Gasteiger partial charge in [0.2, 0.25) is 5.91 Å². The van der Waals surface area contributed by atoms with Crippen molar-refractivity contribution in [1.82, 2.24) is 16.0 Å². The number of ether oxygens (including phenoxy) is 4. The molecule has 3 N–H and O–H groups in total. The highest BCUT2D eigenvalue weighted by molar-refractivity contribution is 9.10. The number of nitrogens with one attached hydrogen (secondary N) is 3. The van der Waals surface area contributed by atoms with Crippen LogP contribution in [-0.2, 0) is 30.4 Å². The minimum atomic E-state index is -1.23. The summed E-state index contributed by atoms with van der Waals surface area (Å²) in [7, 11) is 1.37. The third-order valence-electron chi connectivity index (χ3n) is 6.71. The van der Waals surface area contributed by atoms with Crippen LogP contribution in [0.25, 0.3) is 0 Å². The molecule has 51 heavy (non-hydrogen) atoms. The summed E-state index contributed by atoms with van der Waals surface area (Å²) < 4.78 is 19.9. The molecule has 2 aromatic carbocycles. The van der Waals surface area contributed by atoms with Gasteiger partial charge in [0, 0.05) is 50.4 Å². The van der Waals surface area contributed by atoms with Gasteiger partial charge in [-0.15, -0.1) is 0 Å². The maximum absolute atomic E-state index is 13.7. The van der Waals surface area contributed by atoms with Crippen LogP contribution in [0.1, 0.15) is 68.8 Å². The van der Waals surface area contributed by atoms with Crippen molar-refractivity contribution in [1.29, 1.82) is 0 Å². The van der Waals surface area contributed by atoms with Crippen molar-refractivity contribution >= 4 is 57.2 Å². The molecule has 0 spiro atoms. The molecule has 0 saturated carbocycles. The van der Waals surface area contributed by atoms with E-state index < -0.39 is 51.9 Å². The average molecular weight is 783 g/mol. The Kier molecular flexibility index (Phi) is 16.9. The summed E-state index contributed by atoms with van der Waals surface area (Å²) in [6.07, 6.45) is -0.695. The minimum Gasteiger partial charge on any atom is -0.444 e. The monoisotopic (exact) mass is 781 g/mol. The number of unbranched alkanes of at least 4 members (excludes halogenated alkanes) is 1. The number of carbonyl (C=O) groups is 5.